The summed E-state index contributed by atoms with van der Waals surface area (Å²) in [5.74, 6) is -0.651. The molecule has 7 nitrogen and oxygen atoms in total. The average molecular weight is 513 g/mol. The van der Waals surface area contributed by atoms with Crippen molar-refractivity contribution in [2.45, 2.75) is 32.0 Å². The Morgan fingerprint density at radius 2 is 1.81 bits per heavy atom. The second kappa shape index (κ2) is 10.6. The number of urea groups is 1. The number of nitriles is 1. The fourth-order valence-electron chi connectivity index (χ4n) is 4.79. The minimum absolute atomic E-state index is 0.00943. The van der Waals surface area contributed by atoms with Crippen molar-refractivity contribution >= 4 is 17.7 Å². The van der Waals surface area contributed by atoms with E-state index in [0.717, 1.165) is 43.0 Å². The lowest BCUT2D eigenvalue weighted by atomic mass is 9.92. The molecule has 2 aromatic rings. The van der Waals surface area contributed by atoms with Gasteiger partial charge in [0.1, 0.15) is 6.61 Å². The molecule has 0 aromatic heterocycles. The molecular weight excluding hydrogens is 485 g/mol. The molecule has 0 radical (unpaired) electrons. The highest BCUT2D eigenvalue weighted by molar-refractivity contribution is 6.03. The van der Waals surface area contributed by atoms with Gasteiger partial charge in [-0.05, 0) is 68.8 Å². The lowest BCUT2D eigenvalue weighted by molar-refractivity contribution is -0.140. The van der Waals surface area contributed by atoms with E-state index in [1.54, 1.807) is 24.3 Å². The zero-order valence-electron chi connectivity index (χ0n) is 20.6. The van der Waals surface area contributed by atoms with Crippen molar-refractivity contribution < 1.29 is 27.5 Å². The Bertz CT molecular complexity index is 1240. The summed E-state index contributed by atoms with van der Waals surface area (Å²) in [6.07, 6.45) is -2.41. The van der Waals surface area contributed by atoms with Gasteiger partial charge in [0.25, 0.3) is 0 Å². The van der Waals surface area contributed by atoms with Gasteiger partial charge in [-0.1, -0.05) is 18.2 Å². The van der Waals surface area contributed by atoms with Crippen molar-refractivity contribution in [2.24, 2.45) is 0 Å². The molecule has 2 aliphatic rings. The highest BCUT2D eigenvalue weighted by atomic mass is 19.4. The zero-order valence-corrected chi connectivity index (χ0v) is 20.6. The van der Waals surface area contributed by atoms with Crippen LogP contribution in [0.4, 0.5) is 23.7 Å². The molecule has 2 aromatic carbocycles. The smallest absolute Gasteiger partial charge is 0.416 e. The number of nitrogens with zero attached hydrogens (tertiary/aromatic N) is 4. The van der Waals surface area contributed by atoms with Crippen molar-refractivity contribution in [3.05, 3.63) is 76.5 Å². The lowest BCUT2D eigenvalue weighted by Gasteiger charge is -2.41. The molecule has 37 heavy (non-hydrogen) atoms. The normalized spacial score (nSPS) is 18.8. The molecule has 0 spiro atoms. The van der Waals surface area contributed by atoms with Gasteiger partial charge >= 0.3 is 18.2 Å². The van der Waals surface area contributed by atoms with Crippen LogP contribution in [0.2, 0.25) is 0 Å². The van der Waals surface area contributed by atoms with E-state index in [-0.39, 0.29) is 23.6 Å². The first kappa shape index (κ1) is 26.2. The van der Waals surface area contributed by atoms with E-state index in [4.69, 9.17) is 10.00 Å². The number of likely N-dealkylation sites (tertiary alicyclic amines) is 1. The number of hydrogen-bond acceptors (Lipinski definition) is 5. The molecule has 194 valence electrons. The third-order valence-electron chi connectivity index (χ3n) is 6.73. The standard InChI is InChI=1S/C27H27F3N4O3/c1-18-23(25(35)37-15-14-33-12-3-4-13-33)24(20-10-8-19(17-31)9-11-20)32(2)26(36)34(18)22-7-5-6-21(16-22)27(28,29)30/h5-11,16,24H,3-4,12-15H2,1-2H3. The van der Waals surface area contributed by atoms with Crippen LogP contribution in [0.1, 0.15) is 42.5 Å². The predicted molar refractivity (Wildman–Crippen MR) is 130 cm³/mol. The van der Waals surface area contributed by atoms with E-state index >= 15 is 0 Å². The van der Waals surface area contributed by atoms with Gasteiger partial charge in [-0.3, -0.25) is 9.80 Å². The van der Waals surface area contributed by atoms with Crippen molar-refractivity contribution in [1.29, 1.82) is 5.26 Å². The minimum atomic E-state index is -4.60. The first-order valence-electron chi connectivity index (χ1n) is 12.0. The number of amides is 2. The molecule has 0 aliphatic carbocycles. The summed E-state index contributed by atoms with van der Waals surface area (Å²) < 4.78 is 45.8. The van der Waals surface area contributed by atoms with Gasteiger partial charge in [-0.2, -0.15) is 18.4 Å². The number of halogens is 3. The highest BCUT2D eigenvalue weighted by Crippen LogP contribution is 2.40. The summed E-state index contributed by atoms with van der Waals surface area (Å²) in [4.78, 5) is 31.5. The number of benzene rings is 2. The Kier molecular flexibility index (Phi) is 7.55. The highest BCUT2D eigenvalue weighted by Gasteiger charge is 2.42. The minimum Gasteiger partial charge on any atom is -0.461 e. The molecule has 2 heterocycles. The number of likely N-dealkylation sites (N-methyl/N-ethyl adjacent to an activating group) is 1. The number of alkyl halides is 3. The number of hydrogen-bond donors (Lipinski definition) is 0. The van der Waals surface area contributed by atoms with Gasteiger partial charge in [0.05, 0.1) is 34.5 Å². The Balaban J connectivity index is 1.75. The molecule has 2 aliphatic heterocycles. The SMILES string of the molecule is CC1=C(C(=O)OCCN2CCCC2)C(c2ccc(C#N)cc2)N(C)C(=O)N1c1cccc(C(F)(F)F)c1. The van der Waals surface area contributed by atoms with Gasteiger partial charge in [-0.25, -0.2) is 9.59 Å². The Morgan fingerprint density at radius 3 is 2.43 bits per heavy atom. The molecule has 0 bridgehead atoms. The molecule has 1 saturated heterocycles. The summed E-state index contributed by atoms with van der Waals surface area (Å²) >= 11 is 0. The van der Waals surface area contributed by atoms with Crippen molar-refractivity contribution in [3.63, 3.8) is 0 Å². The number of ether oxygens (including phenoxy) is 1. The van der Waals surface area contributed by atoms with Crippen LogP contribution >= 0.6 is 0 Å². The van der Waals surface area contributed by atoms with Gasteiger partial charge in [0.2, 0.25) is 0 Å². The van der Waals surface area contributed by atoms with Crippen LogP contribution in [0.5, 0.6) is 0 Å². The number of rotatable bonds is 6. The summed E-state index contributed by atoms with van der Waals surface area (Å²) in [5.41, 5.74) is 0.398. The van der Waals surface area contributed by atoms with Gasteiger partial charge in [0.15, 0.2) is 0 Å². The molecular formula is C27H27F3N4O3. The largest absolute Gasteiger partial charge is 0.461 e. The fraction of sp³-hybridized carbons (Fsp3) is 0.370. The summed E-state index contributed by atoms with van der Waals surface area (Å²) in [7, 11) is 1.48. The van der Waals surface area contributed by atoms with E-state index < -0.39 is 29.8 Å². The predicted octanol–water partition coefficient (Wildman–Crippen LogP) is 5.10. The maximum absolute atomic E-state index is 13.5. The van der Waals surface area contributed by atoms with Crippen molar-refractivity contribution in [2.75, 3.05) is 38.2 Å². The second-order valence-electron chi connectivity index (χ2n) is 9.10. The molecule has 4 rings (SSSR count). The average Bonchev–Trinajstić information content (AvgIpc) is 3.39. The summed E-state index contributed by atoms with van der Waals surface area (Å²) in [6, 6.07) is 11.5. The number of allylic oxidation sites excluding steroid dienone is 1. The van der Waals surface area contributed by atoms with Crippen LogP contribution < -0.4 is 4.90 Å². The Hall–Kier alpha value is -3.84. The third kappa shape index (κ3) is 5.47. The molecule has 1 fully saturated rings. The van der Waals surface area contributed by atoms with Crippen LogP contribution in [0, 0.1) is 11.3 Å². The molecule has 2 amide bonds. The maximum Gasteiger partial charge on any atom is 0.416 e. The Morgan fingerprint density at radius 1 is 1.14 bits per heavy atom. The van der Waals surface area contributed by atoms with E-state index in [0.29, 0.717) is 17.7 Å². The quantitative estimate of drug-likeness (QED) is 0.503. The van der Waals surface area contributed by atoms with Gasteiger partial charge in [-0.15, -0.1) is 0 Å². The van der Waals surface area contributed by atoms with Crippen LogP contribution in [0.25, 0.3) is 0 Å². The van der Waals surface area contributed by atoms with E-state index in [1.807, 2.05) is 6.07 Å². The number of carbonyl (C=O) groups is 2. The van der Waals surface area contributed by atoms with E-state index in [1.165, 1.54) is 31.0 Å². The number of anilines is 1. The van der Waals surface area contributed by atoms with Gasteiger partial charge < -0.3 is 9.64 Å². The zero-order chi connectivity index (χ0) is 26.7. The maximum atomic E-state index is 13.5. The van der Waals surface area contributed by atoms with Crippen LogP contribution in [0.15, 0.2) is 59.8 Å². The summed E-state index contributed by atoms with van der Waals surface area (Å²) in [6.45, 7) is 4.13. The molecule has 0 saturated carbocycles. The van der Waals surface area contributed by atoms with Gasteiger partial charge in [0, 0.05) is 19.3 Å². The van der Waals surface area contributed by atoms with Crippen LogP contribution in [0.3, 0.4) is 0 Å². The van der Waals surface area contributed by atoms with E-state index in [2.05, 4.69) is 4.90 Å². The molecule has 1 atom stereocenters. The molecule has 0 N–H and O–H groups in total. The number of esters is 1. The number of carbonyl (C=O) groups excluding carboxylic acids is 2. The lowest BCUT2D eigenvalue weighted by Crippen LogP contribution is -2.49. The first-order valence-corrected chi connectivity index (χ1v) is 12.0. The van der Waals surface area contributed by atoms with Crippen molar-refractivity contribution in [1.82, 2.24) is 9.80 Å². The molecule has 1 unspecified atom stereocenters. The summed E-state index contributed by atoms with van der Waals surface area (Å²) in [5, 5.41) is 9.15. The Labute approximate surface area is 213 Å². The molecule has 10 heteroatoms. The second-order valence-corrected chi connectivity index (χ2v) is 9.10. The monoisotopic (exact) mass is 512 g/mol. The van der Waals surface area contributed by atoms with Crippen molar-refractivity contribution in [3.8, 4) is 6.07 Å². The topological polar surface area (TPSA) is 76.9 Å². The van der Waals surface area contributed by atoms with Crippen LogP contribution in [-0.4, -0.2) is 55.1 Å². The first-order chi connectivity index (χ1) is 17.6. The van der Waals surface area contributed by atoms with Crippen LogP contribution in [-0.2, 0) is 15.7 Å². The third-order valence-corrected chi connectivity index (χ3v) is 6.73. The van der Waals surface area contributed by atoms with E-state index in [9.17, 15) is 22.8 Å². The fourth-order valence-corrected chi connectivity index (χ4v) is 4.79.